The molecule has 0 heterocycles. The summed E-state index contributed by atoms with van der Waals surface area (Å²) in [5.74, 6) is 0.809. The molecule has 0 aliphatic carbocycles. The zero-order valence-electron chi connectivity index (χ0n) is 7.42. The maximum Gasteiger partial charge on any atom is 0.124 e. The zero-order chi connectivity index (χ0) is 9.14. The molecule has 3 heteroatoms. The molecule has 0 radical (unpaired) electrons. The molecular weight excluding hydrogens is 152 g/mol. The Bertz CT molecular complexity index is 255. The second kappa shape index (κ2) is 3.34. The van der Waals surface area contributed by atoms with Gasteiger partial charge >= 0.3 is 0 Å². The van der Waals surface area contributed by atoms with E-state index >= 15 is 0 Å². The molecule has 0 aromatic heterocycles. The summed E-state index contributed by atoms with van der Waals surface area (Å²) in [6, 6.07) is 3.61. The van der Waals surface area contributed by atoms with Gasteiger partial charge in [0.15, 0.2) is 0 Å². The highest BCUT2D eigenvalue weighted by atomic mass is 16.5. The van der Waals surface area contributed by atoms with Gasteiger partial charge in [-0.3, -0.25) is 0 Å². The molecule has 0 unspecified atom stereocenters. The second-order valence-corrected chi connectivity index (χ2v) is 2.65. The standard InChI is InChI=1S/C9H14N2O/c1-3-6-4-7(10)8(11)5-9(6)12-2/h4-5H,3,10-11H2,1-2H3. The first kappa shape index (κ1) is 8.71. The minimum Gasteiger partial charge on any atom is -0.496 e. The van der Waals surface area contributed by atoms with Crippen LogP contribution in [0.4, 0.5) is 11.4 Å². The van der Waals surface area contributed by atoms with Gasteiger partial charge in [0.25, 0.3) is 0 Å². The fourth-order valence-corrected chi connectivity index (χ4v) is 1.13. The number of nitrogen functional groups attached to an aromatic ring is 2. The van der Waals surface area contributed by atoms with E-state index in [1.54, 1.807) is 13.2 Å². The number of hydrogen-bond donors (Lipinski definition) is 2. The van der Waals surface area contributed by atoms with Gasteiger partial charge in [-0.05, 0) is 18.1 Å². The Morgan fingerprint density at radius 3 is 2.33 bits per heavy atom. The lowest BCUT2D eigenvalue weighted by atomic mass is 10.1. The van der Waals surface area contributed by atoms with Gasteiger partial charge in [0.2, 0.25) is 0 Å². The molecule has 0 aliphatic heterocycles. The van der Waals surface area contributed by atoms with Crippen LogP contribution in [0.25, 0.3) is 0 Å². The van der Waals surface area contributed by atoms with E-state index in [1.165, 1.54) is 0 Å². The van der Waals surface area contributed by atoms with Gasteiger partial charge in [0.1, 0.15) is 5.75 Å². The molecule has 4 N–H and O–H groups in total. The highest BCUT2D eigenvalue weighted by Crippen LogP contribution is 2.27. The molecule has 3 nitrogen and oxygen atoms in total. The monoisotopic (exact) mass is 166 g/mol. The first-order chi connectivity index (χ1) is 5.69. The smallest absolute Gasteiger partial charge is 0.124 e. The number of benzene rings is 1. The van der Waals surface area contributed by atoms with Crippen LogP contribution >= 0.6 is 0 Å². The van der Waals surface area contributed by atoms with Crippen molar-refractivity contribution in [2.24, 2.45) is 0 Å². The van der Waals surface area contributed by atoms with E-state index < -0.39 is 0 Å². The normalized spacial score (nSPS) is 9.83. The molecule has 0 bridgehead atoms. The van der Waals surface area contributed by atoms with Crippen LogP contribution in [-0.2, 0) is 6.42 Å². The predicted octanol–water partition coefficient (Wildman–Crippen LogP) is 1.42. The molecule has 66 valence electrons. The van der Waals surface area contributed by atoms with Crippen molar-refractivity contribution in [3.05, 3.63) is 17.7 Å². The molecule has 0 atom stereocenters. The van der Waals surface area contributed by atoms with Crippen LogP contribution in [0.15, 0.2) is 12.1 Å². The third kappa shape index (κ3) is 1.44. The van der Waals surface area contributed by atoms with E-state index in [4.69, 9.17) is 16.2 Å². The van der Waals surface area contributed by atoms with Crippen molar-refractivity contribution in [2.45, 2.75) is 13.3 Å². The molecule has 1 aromatic carbocycles. The van der Waals surface area contributed by atoms with Crippen LogP contribution in [0.5, 0.6) is 5.75 Å². The Kier molecular flexibility index (Phi) is 2.43. The van der Waals surface area contributed by atoms with Crippen LogP contribution in [-0.4, -0.2) is 7.11 Å². The van der Waals surface area contributed by atoms with E-state index in [2.05, 4.69) is 0 Å². The molecule has 1 rings (SSSR count). The first-order valence-corrected chi connectivity index (χ1v) is 3.91. The molecule has 0 fully saturated rings. The van der Waals surface area contributed by atoms with E-state index in [9.17, 15) is 0 Å². The molecule has 0 saturated carbocycles. The van der Waals surface area contributed by atoms with Crippen LogP contribution in [0.1, 0.15) is 12.5 Å². The second-order valence-electron chi connectivity index (χ2n) is 2.65. The summed E-state index contributed by atoms with van der Waals surface area (Å²) in [6.07, 6.45) is 0.896. The summed E-state index contributed by atoms with van der Waals surface area (Å²) in [5, 5.41) is 0. The molecule has 1 aromatic rings. The topological polar surface area (TPSA) is 61.3 Å². The van der Waals surface area contributed by atoms with Gasteiger partial charge in [0, 0.05) is 6.07 Å². The summed E-state index contributed by atoms with van der Waals surface area (Å²) in [5.41, 5.74) is 13.5. The van der Waals surface area contributed by atoms with Crippen molar-refractivity contribution < 1.29 is 4.74 Å². The Balaban J connectivity index is 3.19. The molecule has 0 saturated heterocycles. The number of nitrogens with two attached hydrogens (primary N) is 2. The minimum atomic E-state index is 0.573. The Morgan fingerprint density at radius 2 is 1.83 bits per heavy atom. The van der Waals surface area contributed by atoms with Gasteiger partial charge < -0.3 is 16.2 Å². The Hall–Kier alpha value is -1.38. The highest BCUT2D eigenvalue weighted by Gasteiger charge is 2.03. The summed E-state index contributed by atoms with van der Waals surface area (Å²) in [4.78, 5) is 0. The van der Waals surface area contributed by atoms with Crippen molar-refractivity contribution in [3.8, 4) is 5.75 Å². The van der Waals surface area contributed by atoms with Crippen LogP contribution in [0.2, 0.25) is 0 Å². The van der Waals surface area contributed by atoms with E-state index in [1.807, 2.05) is 13.0 Å². The number of rotatable bonds is 2. The van der Waals surface area contributed by atoms with Gasteiger partial charge in [-0.2, -0.15) is 0 Å². The van der Waals surface area contributed by atoms with E-state index in [0.29, 0.717) is 11.4 Å². The van der Waals surface area contributed by atoms with Crippen LogP contribution in [0.3, 0.4) is 0 Å². The van der Waals surface area contributed by atoms with Crippen molar-refractivity contribution in [3.63, 3.8) is 0 Å². The lowest BCUT2D eigenvalue weighted by Gasteiger charge is -2.09. The van der Waals surface area contributed by atoms with Gasteiger partial charge in [-0.25, -0.2) is 0 Å². The quantitative estimate of drug-likeness (QED) is 0.653. The van der Waals surface area contributed by atoms with Crippen LogP contribution < -0.4 is 16.2 Å². The number of aryl methyl sites for hydroxylation is 1. The molecule has 12 heavy (non-hydrogen) atoms. The van der Waals surface area contributed by atoms with E-state index in [-0.39, 0.29) is 0 Å². The third-order valence-corrected chi connectivity index (χ3v) is 1.87. The largest absolute Gasteiger partial charge is 0.496 e. The molecule has 0 amide bonds. The fraction of sp³-hybridized carbons (Fsp3) is 0.333. The zero-order valence-corrected chi connectivity index (χ0v) is 7.42. The SMILES string of the molecule is CCc1cc(N)c(N)cc1OC. The van der Waals surface area contributed by atoms with Crippen molar-refractivity contribution in [1.29, 1.82) is 0 Å². The summed E-state index contributed by atoms with van der Waals surface area (Å²) >= 11 is 0. The molecule has 0 aliphatic rings. The Labute approximate surface area is 72.3 Å². The average molecular weight is 166 g/mol. The van der Waals surface area contributed by atoms with Crippen molar-refractivity contribution in [2.75, 3.05) is 18.6 Å². The lowest BCUT2D eigenvalue weighted by molar-refractivity contribution is 0.410. The molecule has 0 spiro atoms. The van der Waals surface area contributed by atoms with E-state index in [0.717, 1.165) is 17.7 Å². The third-order valence-electron chi connectivity index (χ3n) is 1.87. The first-order valence-electron chi connectivity index (χ1n) is 3.91. The number of methoxy groups -OCH3 is 1. The van der Waals surface area contributed by atoms with Gasteiger partial charge in [0.05, 0.1) is 18.5 Å². The maximum atomic E-state index is 5.64. The maximum absolute atomic E-state index is 5.64. The predicted molar refractivity (Wildman–Crippen MR) is 51.2 cm³/mol. The Morgan fingerprint density at radius 1 is 1.25 bits per heavy atom. The molecular formula is C9H14N2O. The van der Waals surface area contributed by atoms with Crippen molar-refractivity contribution >= 4 is 11.4 Å². The summed E-state index contributed by atoms with van der Waals surface area (Å²) in [6.45, 7) is 2.05. The van der Waals surface area contributed by atoms with Gasteiger partial charge in [-0.15, -0.1) is 0 Å². The summed E-state index contributed by atoms with van der Waals surface area (Å²) in [7, 11) is 1.63. The fourth-order valence-electron chi connectivity index (χ4n) is 1.13. The summed E-state index contributed by atoms with van der Waals surface area (Å²) < 4.78 is 5.14. The van der Waals surface area contributed by atoms with Gasteiger partial charge in [-0.1, -0.05) is 6.92 Å². The lowest BCUT2D eigenvalue weighted by Crippen LogP contribution is -1.98. The number of hydrogen-bond acceptors (Lipinski definition) is 3. The van der Waals surface area contributed by atoms with Crippen molar-refractivity contribution in [1.82, 2.24) is 0 Å². The number of anilines is 2. The van der Waals surface area contributed by atoms with Crippen LogP contribution in [0, 0.1) is 0 Å². The highest BCUT2D eigenvalue weighted by molar-refractivity contribution is 5.67. The number of ether oxygens (including phenoxy) is 1. The average Bonchev–Trinajstić information content (AvgIpc) is 2.09. The minimum absolute atomic E-state index is 0.573.